The van der Waals surface area contributed by atoms with Gasteiger partial charge < -0.3 is 19.6 Å². The molecule has 3 aromatic carbocycles. The van der Waals surface area contributed by atoms with E-state index in [-0.39, 0.29) is 6.61 Å². The maximum Gasteiger partial charge on any atom is 0.119 e. The summed E-state index contributed by atoms with van der Waals surface area (Å²) in [5.41, 5.74) is 3.51. The molecule has 0 unspecified atom stereocenters. The van der Waals surface area contributed by atoms with Crippen LogP contribution < -0.4 is 10.1 Å². The molecule has 31 heavy (non-hydrogen) atoms. The molecule has 5 rings (SSSR count). The number of hydrogen-bond acceptors (Lipinski definition) is 5. The van der Waals surface area contributed by atoms with Gasteiger partial charge in [-0.05, 0) is 34.0 Å². The van der Waals surface area contributed by atoms with Crippen LogP contribution in [0.3, 0.4) is 0 Å². The predicted octanol–water partition coefficient (Wildman–Crippen LogP) is 5.84. The fourth-order valence-electron chi connectivity index (χ4n) is 3.78. The maximum absolute atomic E-state index is 10.3. The monoisotopic (exact) mass is 429 g/mol. The van der Waals surface area contributed by atoms with Gasteiger partial charge in [0.15, 0.2) is 0 Å². The Morgan fingerprint density at radius 3 is 2.68 bits per heavy atom. The van der Waals surface area contributed by atoms with E-state index in [1.54, 1.807) is 23.9 Å². The Balaban J connectivity index is 1.13. The van der Waals surface area contributed by atoms with E-state index in [4.69, 9.17) is 9.15 Å². The van der Waals surface area contributed by atoms with Crippen LogP contribution in [0.1, 0.15) is 5.56 Å². The van der Waals surface area contributed by atoms with Crippen molar-refractivity contribution in [1.29, 1.82) is 0 Å². The molecule has 156 valence electrons. The van der Waals surface area contributed by atoms with E-state index in [2.05, 4.69) is 47.1 Å². The minimum atomic E-state index is -0.586. The van der Waals surface area contributed by atoms with Gasteiger partial charge in [0.05, 0.1) is 11.0 Å². The van der Waals surface area contributed by atoms with Crippen LogP contribution in [0.2, 0.25) is 0 Å². The minimum Gasteiger partial charge on any atom is -0.491 e. The van der Waals surface area contributed by atoms with Crippen molar-refractivity contribution in [2.45, 2.75) is 12.6 Å². The molecule has 0 aliphatic rings. The topological polar surface area (TPSA) is 54.6 Å². The van der Waals surface area contributed by atoms with Crippen molar-refractivity contribution in [1.82, 2.24) is 5.32 Å². The van der Waals surface area contributed by atoms with Crippen molar-refractivity contribution in [3.8, 4) is 16.9 Å². The summed E-state index contributed by atoms with van der Waals surface area (Å²) in [7, 11) is 0. The molecule has 0 aliphatic carbocycles. The van der Waals surface area contributed by atoms with Crippen LogP contribution in [0.4, 0.5) is 0 Å². The van der Waals surface area contributed by atoms with Crippen LogP contribution in [0, 0.1) is 0 Å². The number of hydrogen-bond donors (Lipinski definition) is 2. The third kappa shape index (κ3) is 4.35. The van der Waals surface area contributed by atoms with Gasteiger partial charge in [0.1, 0.15) is 24.7 Å². The van der Waals surface area contributed by atoms with E-state index in [1.807, 2.05) is 30.3 Å². The predicted molar refractivity (Wildman–Crippen MR) is 127 cm³/mol. The van der Waals surface area contributed by atoms with Crippen LogP contribution in [-0.4, -0.2) is 24.4 Å². The van der Waals surface area contributed by atoms with E-state index in [9.17, 15) is 5.11 Å². The van der Waals surface area contributed by atoms with Gasteiger partial charge in [0, 0.05) is 29.4 Å². The Morgan fingerprint density at radius 1 is 0.935 bits per heavy atom. The number of nitrogens with one attached hydrogen (secondary N) is 1. The third-order valence-electron chi connectivity index (χ3n) is 5.40. The Bertz CT molecular complexity index is 1280. The Kier molecular flexibility index (Phi) is 5.71. The molecule has 0 amide bonds. The number of ether oxygens (including phenoxy) is 1. The van der Waals surface area contributed by atoms with Crippen molar-refractivity contribution in [2.24, 2.45) is 0 Å². The first kappa shape index (κ1) is 19.8. The molecule has 0 saturated heterocycles. The molecular weight excluding hydrogens is 406 g/mol. The van der Waals surface area contributed by atoms with Gasteiger partial charge in [-0.15, -0.1) is 11.3 Å². The molecule has 0 spiro atoms. The quantitative estimate of drug-likeness (QED) is 0.325. The number of benzene rings is 3. The summed E-state index contributed by atoms with van der Waals surface area (Å²) in [5.74, 6) is 0.746. The molecule has 5 aromatic rings. The number of rotatable bonds is 8. The molecule has 0 bridgehead atoms. The molecule has 2 heterocycles. The SMILES string of the molecule is O[C@H](CNCc1cccc2ccccc12)COc1ccc(-c2csc3cocc23)cc1. The Morgan fingerprint density at radius 2 is 1.77 bits per heavy atom. The number of fused-ring (bicyclic) bond motifs is 2. The van der Waals surface area contributed by atoms with Crippen molar-refractivity contribution >= 4 is 32.2 Å². The van der Waals surface area contributed by atoms with Crippen LogP contribution >= 0.6 is 11.3 Å². The van der Waals surface area contributed by atoms with Gasteiger partial charge in [-0.25, -0.2) is 0 Å². The van der Waals surface area contributed by atoms with Crippen molar-refractivity contribution in [3.63, 3.8) is 0 Å². The average Bonchev–Trinajstić information content (AvgIpc) is 3.42. The van der Waals surface area contributed by atoms with Crippen LogP contribution in [-0.2, 0) is 6.54 Å². The molecule has 5 heteroatoms. The summed E-state index contributed by atoms with van der Waals surface area (Å²) in [6.07, 6.45) is 2.97. The first-order valence-electron chi connectivity index (χ1n) is 10.3. The summed E-state index contributed by atoms with van der Waals surface area (Å²) in [4.78, 5) is 0. The molecule has 0 radical (unpaired) electrons. The van der Waals surface area contributed by atoms with Crippen molar-refractivity contribution in [2.75, 3.05) is 13.2 Å². The lowest BCUT2D eigenvalue weighted by atomic mass is 10.0. The lowest BCUT2D eigenvalue weighted by molar-refractivity contribution is 0.106. The van der Waals surface area contributed by atoms with Crippen LogP contribution in [0.5, 0.6) is 5.75 Å². The summed E-state index contributed by atoms with van der Waals surface area (Å²) < 4.78 is 12.2. The summed E-state index contributed by atoms with van der Waals surface area (Å²) in [6.45, 7) is 1.41. The zero-order chi connectivity index (χ0) is 21.0. The molecule has 4 nitrogen and oxygen atoms in total. The summed E-state index contributed by atoms with van der Waals surface area (Å²) in [5, 5.41) is 19.4. The summed E-state index contributed by atoms with van der Waals surface area (Å²) in [6, 6.07) is 22.6. The largest absolute Gasteiger partial charge is 0.491 e. The molecule has 0 aliphatic heterocycles. The molecule has 0 saturated carbocycles. The van der Waals surface area contributed by atoms with Gasteiger partial charge in [-0.1, -0.05) is 54.6 Å². The smallest absolute Gasteiger partial charge is 0.119 e. The van der Waals surface area contributed by atoms with Crippen LogP contribution in [0.15, 0.2) is 89.1 Å². The molecule has 2 N–H and O–H groups in total. The number of aliphatic hydroxyl groups is 1. The van der Waals surface area contributed by atoms with Gasteiger partial charge >= 0.3 is 0 Å². The third-order valence-corrected chi connectivity index (χ3v) is 6.33. The maximum atomic E-state index is 10.3. The minimum absolute atomic E-state index is 0.242. The molecule has 2 aromatic heterocycles. The zero-order valence-corrected chi connectivity index (χ0v) is 17.8. The molecule has 0 fully saturated rings. The number of thiophene rings is 1. The highest BCUT2D eigenvalue weighted by atomic mass is 32.1. The van der Waals surface area contributed by atoms with E-state index >= 15 is 0 Å². The highest BCUT2D eigenvalue weighted by Gasteiger charge is 2.09. The first-order valence-corrected chi connectivity index (χ1v) is 11.2. The standard InChI is InChI=1S/C26H23NO3S/c28-21(13-27-12-20-6-3-5-18-4-1-2-7-23(18)20)14-30-22-10-8-19(9-11-22)25-17-31-26-16-29-15-24(25)26/h1-11,15-17,21,27-28H,12-14H2/t21-/m1/s1. The van der Waals surface area contributed by atoms with Crippen LogP contribution in [0.25, 0.3) is 32.0 Å². The second-order valence-electron chi connectivity index (χ2n) is 7.56. The van der Waals surface area contributed by atoms with E-state index in [0.717, 1.165) is 27.0 Å². The highest BCUT2D eigenvalue weighted by molar-refractivity contribution is 7.17. The van der Waals surface area contributed by atoms with Crippen molar-refractivity contribution in [3.05, 3.63) is 90.2 Å². The number of aliphatic hydroxyl groups excluding tert-OH is 1. The second-order valence-corrected chi connectivity index (χ2v) is 8.47. The fourth-order valence-corrected chi connectivity index (χ4v) is 4.69. The van der Waals surface area contributed by atoms with Gasteiger partial charge in [0.2, 0.25) is 0 Å². The second kappa shape index (κ2) is 8.94. The number of furan rings is 1. The Labute approximate surface area is 184 Å². The highest BCUT2D eigenvalue weighted by Crippen LogP contribution is 2.35. The first-order chi connectivity index (χ1) is 15.3. The molecular formula is C26H23NO3S. The average molecular weight is 430 g/mol. The van der Waals surface area contributed by atoms with Gasteiger partial charge in [-0.2, -0.15) is 0 Å². The van der Waals surface area contributed by atoms with E-state index < -0.39 is 6.10 Å². The van der Waals surface area contributed by atoms with Gasteiger partial charge in [0.25, 0.3) is 0 Å². The Hall–Kier alpha value is -3.12. The van der Waals surface area contributed by atoms with E-state index in [1.165, 1.54) is 16.3 Å². The zero-order valence-electron chi connectivity index (χ0n) is 17.0. The lowest BCUT2D eigenvalue weighted by Gasteiger charge is -2.14. The lowest BCUT2D eigenvalue weighted by Crippen LogP contribution is -2.31. The normalized spacial score (nSPS) is 12.4. The van der Waals surface area contributed by atoms with E-state index in [0.29, 0.717) is 13.1 Å². The molecule has 1 atom stereocenters. The van der Waals surface area contributed by atoms with Crippen molar-refractivity contribution < 1.29 is 14.3 Å². The fraction of sp³-hybridized carbons (Fsp3) is 0.154. The summed E-state index contributed by atoms with van der Waals surface area (Å²) >= 11 is 1.68. The van der Waals surface area contributed by atoms with Gasteiger partial charge in [-0.3, -0.25) is 0 Å².